The number of ether oxygens (including phenoxy) is 1. The van der Waals surface area contributed by atoms with E-state index in [-0.39, 0.29) is 35.7 Å². The predicted octanol–water partition coefficient (Wildman–Crippen LogP) is 7.43. The number of nitrogens with one attached hydrogen (secondary N) is 1. The Hall–Kier alpha value is -6.17. The average molecular weight is 761 g/mol. The molecule has 14 heteroatoms. The summed E-state index contributed by atoms with van der Waals surface area (Å²) >= 11 is 0. The fourth-order valence-corrected chi connectivity index (χ4v) is 7.94. The Bertz CT molecular complexity index is 2560. The van der Waals surface area contributed by atoms with E-state index in [4.69, 9.17) is 23.5 Å². The van der Waals surface area contributed by atoms with Crippen LogP contribution in [0.5, 0.6) is 5.75 Å². The van der Waals surface area contributed by atoms with Crippen LogP contribution in [0.4, 0.5) is 8.78 Å². The van der Waals surface area contributed by atoms with Gasteiger partial charge >= 0.3 is 12.6 Å². The summed E-state index contributed by atoms with van der Waals surface area (Å²) < 4.78 is 44.3. The van der Waals surface area contributed by atoms with Crippen molar-refractivity contribution < 1.29 is 37.0 Å². The molecule has 0 radical (unpaired) electrons. The Morgan fingerprint density at radius 1 is 0.964 bits per heavy atom. The number of carbonyl (C=O) groups is 2. The van der Waals surface area contributed by atoms with Gasteiger partial charge in [0.15, 0.2) is 11.2 Å². The fraction of sp³-hybridized carbons (Fsp3) is 0.310. The van der Waals surface area contributed by atoms with Crippen LogP contribution in [-0.4, -0.2) is 75.1 Å². The highest BCUT2D eigenvalue weighted by Gasteiger charge is 2.32. The van der Waals surface area contributed by atoms with E-state index >= 15 is 0 Å². The first-order chi connectivity index (χ1) is 27.0. The highest BCUT2D eigenvalue weighted by atomic mass is 19.3. The summed E-state index contributed by atoms with van der Waals surface area (Å²) in [6.07, 6.45) is 1.17. The zero-order valence-electron chi connectivity index (χ0n) is 30.9. The minimum Gasteiger partial charge on any atom is -0.480 e. The molecule has 8 rings (SSSR count). The third-order valence-electron chi connectivity index (χ3n) is 10.9. The lowest BCUT2D eigenvalue weighted by Crippen LogP contribution is -2.53. The lowest BCUT2D eigenvalue weighted by molar-refractivity contribution is -0.142. The number of alkyl halides is 2. The minimum atomic E-state index is -3.08. The van der Waals surface area contributed by atoms with Crippen molar-refractivity contribution in [2.24, 2.45) is 0 Å². The number of halogens is 2. The maximum Gasteiger partial charge on any atom is 0.387 e. The molecule has 4 aromatic carbocycles. The maximum absolute atomic E-state index is 13.5. The number of carboxylic acids is 1. The van der Waals surface area contributed by atoms with Crippen molar-refractivity contribution in [2.75, 3.05) is 19.6 Å². The van der Waals surface area contributed by atoms with Gasteiger partial charge in [-0.15, -0.1) is 0 Å². The molecule has 2 aromatic heterocycles. The number of hydrogen-bond acceptors (Lipinski definition) is 10. The molecule has 6 aromatic rings. The first-order valence-corrected chi connectivity index (χ1v) is 18.4. The minimum absolute atomic E-state index is 0.0247. The van der Waals surface area contributed by atoms with Crippen LogP contribution in [-0.2, 0) is 22.7 Å². The topological polar surface area (TPSA) is 158 Å². The second-order valence-corrected chi connectivity index (χ2v) is 14.3. The van der Waals surface area contributed by atoms with Crippen LogP contribution in [0.25, 0.3) is 56.2 Å². The summed E-state index contributed by atoms with van der Waals surface area (Å²) in [6, 6.07) is 19.5. The molecule has 0 aliphatic carbocycles. The van der Waals surface area contributed by atoms with Crippen molar-refractivity contribution in [1.29, 1.82) is 5.26 Å². The van der Waals surface area contributed by atoms with Crippen molar-refractivity contribution in [2.45, 2.75) is 65.4 Å². The third kappa shape index (κ3) is 6.84. The molecule has 0 spiro atoms. The van der Waals surface area contributed by atoms with E-state index in [0.29, 0.717) is 78.2 Å². The van der Waals surface area contributed by atoms with E-state index in [2.05, 4.69) is 16.3 Å². The molecule has 2 fully saturated rings. The quantitative estimate of drug-likeness (QED) is 0.143. The highest BCUT2D eigenvalue weighted by molar-refractivity contribution is 5.87. The molecule has 2 N–H and O–H groups in total. The second-order valence-electron chi connectivity index (χ2n) is 14.3. The first-order valence-electron chi connectivity index (χ1n) is 18.4. The lowest BCUT2D eigenvalue weighted by atomic mass is 9.91. The van der Waals surface area contributed by atoms with E-state index in [9.17, 15) is 28.7 Å². The van der Waals surface area contributed by atoms with E-state index < -0.39 is 18.6 Å². The van der Waals surface area contributed by atoms with Crippen LogP contribution in [0.15, 0.2) is 69.5 Å². The lowest BCUT2D eigenvalue weighted by Gasteiger charge is -2.32. The van der Waals surface area contributed by atoms with Gasteiger partial charge in [0.05, 0.1) is 11.6 Å². The highest BCUT2D eigenvalue weighted by Crippen LogP contribution is 2.39. The first kappa shape index (κ1) is 36.8. The van der Waals surface area contributed by atoms with Crippen LogP contribution < -0.4 is 10.1 Å². The number of fused-ring (bicyclic) bond motifs is 2. The summed E-state index contributed by atoms with van der Waals surface area (Å²) in [5.74, 6) is -0.410. The van der Waals surface area contributed by atoms with Crippen molar-refractivity contribution in [3.05, 3.63) is 88.5 Å². The molecule has 0 saturated carbocycles. The number of carbonyl (C=O) groups excluding carboxylic acids is 1. The van der Waals surface area contributed by atoms with E-state index in [0.717, 1.165) is 33.4 Å². The number of amides is 1. The number of carboxylic acid groups (broad SMARTS) is 1. The summed E-state index contributed by atoms with van der Waals surface area (Å²) in [7, 11) is 0. The standard InChI is InChI=1S/C42H38F2N6O6/c1-22-28(7-4-9-30(22)39-47-32-17-27(21-50-13-6-11-34(50)41(52)53)35(55-42(43)44)18-36(32)54-39)29-8-5-10-31(23(29)2)40-48-33-16-25(15-26(19-45)37(33)56-40)20-49-14-12-46-38(51)24(49)3/h4-5,7-10,15-18,24,34,42H,6,11-14,20-21H2,1-3H3,(H,46,51)(H,52,53)/t24?,34-/m0/s1. The summed E-state index contributed by atoms with van der Waals surface area (Å²) in [5.41, 5.74) is 8.25. The average Bonchev–Trinajstić information content (AvgIpc) is 3.92. The number of hydrogen-bond donors (Lipinski definition) is 2. The molecule has 56 heavy (non-hydrogen) atoms. The molecule has 1 unspecified atom stereocenters. The number of likely N-dealkylation sites (tertiary alicyclic amines) is 1. The van der Waals surface area contributed by atoms with Gasteiger partial charge in [-0.2, -0.15) is 14.0 Å². The molecule has 4 heterocycles. The Balaban J connectivity index is 1.12. The monoisotopic (exact) mass is 760 g/mol. The molecule has 2 atom stereocenters. The maximum atomic E-state index is 13.5. The Morgan fingerprint density at radius 2 is 1.64 bits per heavy atom. The van der Waals surface area contributed by atoms with E-state index in [1.807, 2.05) is 63.2 Å². The van der Waals surface area contributed by atoms with Crippen molar-refractivity contribution in [3.63, 3.8) is 0 Å². The van der Waals surface area contributed by atoms with Gasteiger partial charge in [0, 0.05) is 48.9 Å². The van der Waals surface area contributed by atoms with E-state index in [1.54, 1.807) is 17.0 Å². The van der Waals surface area contributed by atoms with Crippen LogP contribution in [0.2, 0.25) is 0 Å². The zero-order valence-corrected chi connectivity index (χ0v) is 30.9. The van der Waals surface area contributed by atoms with Gasteiger partial charge in [-0.1, -0.05) is 24.3 Å². The van der Waals surface area contributed by atoms with Gasteiger partial charge in [0.2, 0.25) is 17.7 Å². The molecular weight excluding hydrogens is 722 g/mol. The molecule has 286 valence electrons. The van der Waals surface area contributed by atoms with Crippen molar-refractivity contribution in [1.82, 2.24) is 25.1 Å². The largest absolute Gasteiger partial charge is 0.480 e. The Kier molecular flexibility index (Phi) is 9.73. The van der Waals surface area contributed by atoms with E-state index in [1.165, 1.54) is 6.07 Å². The predicted molar refractivity (Wildman–Crippen MR) is 203 cm³/mol. The Morgan fingerprint density at radius 3 is 2.32 bits per heavy atom. The second kappa shape index (κ2) is 14.8. The summed E-state index contributed by atoms with van der Waals surface area (Å²) in [4.78, 5) is 37.4. The molecule has 0 bridgehead atoms. The number of aromatic nitrogens is 2. The van der Waals surface area contributed by atoms with Crippen LogP contribution in [0.1, 0.15) is 47.6 Å². The number of rotatable bonds is 10. The Labute approximate surface area is 320 Å². The third-order valence-corrected chi connectivity index (χ3v) is 10.9. The van der Waals surface area contributed by atoms with Gasteiger partial charge in [-0.3, -0.25) is 19.4 Å². The molecular formula is C42H38F2N6O6. The fourth-order valence-electron chi connectivity index (χ4n) is 7.94. The van der Waals surface area contributed by atoms with Crippen molar-refractivity contribution in [3.8, 4) is 45.9 Å². The molecule has 2 aliphatic heterocycles. The summed E-state index contributed by atoms with van der Waals surface area (Å²) in [5, 5.41) is 22.6. The van der Waals surface area contributed by atoms with Crippen LogP contribution in [0.3, 0.4) is 0 Å². The number of oxazole rings is 2. The summed E-state index contributed by atoms with van der Waals surface area (Å²) in [6.45, 7) is 5.10. The van der Waals surface area contributed by atoms with Crippen LogP contribution in [0, 0.1) is 25.2 Å². The molecule has 2 aliphatic rings. The van der Waals surface area contributed by atoms with Gasteiger partial charge in [0.1, 0.15) is 28.9 Å². The SMILES string of the molecule is Cc1c(-c2nc3cc(CN4CCC[C@H]4C(=O)O)c(OC(F)F)cc3o2)cccc1-c1cccc(-c2nc3cc(CN4CCNC(=O)C4C)cc(C#N)c3o2)c1C. The molecule has 2 saturated heterocycles. The van der Waals surface area contributed by atoms with Crippen LogP contribution >= 0.6 is 0 Å². The molecule has 12 nitrogen and oxygen atoms in total. The normalized spacial score (nSPS) is 17.8. The van der Waals surface area contributed by atoms with Gasteiger partial charge in [0.25, 0.3) is 0 Å². The number of piperazine rings is 1. The molecule has 1 amide bonds. The number of aliphatic carboxylic acids is 1. The number of nitriles is 1. The number of nitrogens with zero attached hydrogens (tertiary/aromatic N) is 5. The smallest absolute Gasteiger partial charge is 0.387 e. The van der Waals surface area contributed by atoms with Gasteiger partial charge in [-0.25, -0.2) is 9.97 Å². The zero-order chi connectivity index (χ0) is 39.2. The number of benzene rings is 4. The van der Waals surface area contributed by atoms with Gasteiger partial charge < -0.3 is 24.0 Å². The van der Waals surface area contributed by atoms with Crippen molar-refractivity contribution >= 4 is 34.1 Å². The van der Waals surface area contributed by atoms with Gasteiger partial charge in [-0.05, 0) is 98.3 Å².